The van der Waals surface area contributed by atoms with Crippen molar-refractivity contribution in [2.45, 2.75) is 296 Å². The zero-order valence-corrected chi connectivity index (χ0v) is 80.5. The van der Waals surface area contributed by atoms with Crippen molar-refractivity contribution in [2.75, 3.05) is 121 Å². The highest BCUT2D eigenvalue weighted by Crippen LogP contribution is 2.49. The van der Waals surface area contributed by atoms with Crippen LogP contribution >= 0.6 is 24.0 Å². The Kier molecular flexibility index (Phi) is 26.8. The summed E-state index contributed by atoms with van der Waals surface area (Å²) in [6.07, 6.45) is 36.4. The van der Waals surface area contributed by atoms with E-state index in [0.29, 0.717) is 31.5 Å². The van der Waals surface area contributed by atoms with E-state index >= 15 is 0 Å². The van der Waals surface area contributed by atoms with E-state index in [1.807, 2.05) is 95.5 Å². The molecule has 2 unspecified atom stereocenters. The van der Waals surface area contributed by atoms with Crippen LogP contribution in [-0.2, 0) is 59.0 Å². The number of hydrogen-bond donors (Lipinski definition) is 3. The second-order valence-corrected chi connectivity index (χ2v) is 41.5. The van der Waals surface area contributed by atoms with Crippen molar-refractivity contribution in [3.05, 3.63) is 112 Å². The summed E-state index contributed by atoms with van der Waals surface area (Å²) in [5.74, 6) is 5.15. The first-order valence-electron chi connectivity index (χ1n) is 49.2. The minimum absolute atomic E-state index is 0. The molecule has 8 aromatic rings. The summed E-state index contributed by atoms with van der Waals surface area (Å²) in [6.45, 7) is 29.1. The number of fused-ring (bicyclic) bond motifs is 6. The fraction of sp³-hybridized carbons (Fsp3) is 0.636. The number of nitrogens with zero attached hydrogens (tertiary/aromatic N) is 20. The fourth-order valence-electron chi connectivity index (χ4n) is 22.8. The lowest BCUT2D eigenvalue weighted by Crippen LogP contribution is -2.55. The highest BCUT2D eigenvalue weighted by Gasteiger charge is 2.54. The number of pyridine rings is 3. The Morgan fingerprint density at radius 2 is 0.895 bits per heavy atom. The Hall–Kier alpha value is -9.54. The molecule has 2 aliphatic carbocycles. The maximum absolute atomic E-state index is 12.8. The third-order valence-corrected chi connectivity index (χ3v) is 30.3. The molecule has 12 aliphatic heterocycles. The smallest absolute Gasteiger partial charge is 0.407 e. The van der Waals surface area contributed by atoms with Crippen molar-refractivity contribution in [2.24, 2.45) is 27.0 Å². The summed E-state index contributed by atoms with van der Waals surface area (Å²) in [4.78, 5) is 89.6. The Balaban J connectivity index is 0.000000129. The van der Waals surface area contributed by atoms with E-state index in [2.05, 4.69) is 88.4 Å². The van der Waals surface area contributed by atoms with Gasteiger partial charge in [0.25, 0.3) is 0 Å². The number of anilines is 8. The maximum Gasteiger partial charge on any atom is 0.407 e. The summed E-state index contributed by atoms with van der Waals surface area (Å²) in [7, 11) is 0. The maximum atomic E-state index is 12.8. The first-order chi connectivity index (χ1) is 63.9. The van der Waals surface area contributed by atoms with Gasteiger partial charge in [-0.15, -0.1) is 22.6 Å². The topological polar surface area (TPSA) is 332 Å². The first kappa shape index (κ1) is 92.5. The van der Waals surface area contributed by atoms with Gasteiger partial charge in [0.2, 0.25) is 0 Å². The normalized spacial score (nSPS) is 25.5. The summed E-state index contributed by atoms with van der Waals surface area (Å²) < 4.78 is 45.7. The number of halogens is 2. The van der Waals surface area contributed by atoms with Crippen LogP contribution in [-0.4, -0.2) is 222 Å². The number of rotatable bonds is 11. The van der Waals surface area contributed by atoms with Crippen molar-refractivity contribution in [3.63, 3.8) is 0 Å². The third-order valence-electron chi connectivity index (χ3n) is 30.1. The van der Waals surface area contributed by atoms with E-state index in [0.717, 1.165) is 310 Å². The van der Waals surface area contributed by atoms with Gasteiger partial charge in [-0.3, -0.25) is 15.0 Å². The van der Waals surface area contributed by atoms with E-state index in [1.165, 1.54) is 54.6 Å². The Labute approximate surface area is 791 Å². The van der Waals surface area contributed by atoms with Crippen molar-refractivity contribution >= 4 is 122 Å². The molecule has 20 heterocycles. The number of ether oxygens (including phenoxy) is 7. The van der Waals surface area contributed by atoms with Gasteiger partial charge >= 0.3 is 12.2 Å². The van der Waals surface area contributed by atoms with Gasteiger partial charge in [0.1, 0.15) is 39.5 Å². The summed E-state index contributed by atoms with van der Waals surface area (Å²) >= 11 is 6.24. The van der Waals surface area contributed by atoms with Crippen molar-refractivity contribution in [3.8, 4) is 0 Å². The third kappa shape index (κ3) is 19.0. The molecule has 8 aromatic heterocycles. The molecule has 0 radical (unpaired) electrons. The number of nitrogens with one attached hydrogen (secondary N) is 2. The van der Waals surface area contributed by atoms with Crippen LogP contribution < -0.4 is 45.8 Å². The SMILES string of the molecule is C[C@@H]1OCC2(CCN(c3cnc4c(N5CCCc6nc(C7=CCCCC7)ccc65)nn(C5CCCCO5)c4n3)CC2)[C@@H]1NC(=O)OC(C)(C)C.C[C@@H]1OCC2(CCN(c3cnc4c(N5CCCc6nc(Cl)ccc65)nn(C5CCCCO5)c4n3)CC2)[C@@H]1NC(=O)OC(C)(C)C.C[C@@H]1OCC2(CCN(c3cnc4c(n3)CN=C4N3CCCc4nc(C5=CCCCC5)ccc43)CC2)[C@@H]1N.Cl. The van der Waals surface area contributed by atoms with E-state index in [9.17, 15) is 9.59 Å². The highest BCUT2D eigenvalue weighted by atomic mass is 35.5. The van der Waals surface area contributed by atoms with Crippen LogP contribution in [0.25, 0.3) is 33.5 Å². The highest BCUT2D eigenvalue weighted by molar-refractivity contribution is 6.29. The Morgan fingerprint density at radius 1 is 0.466 bits per heavy atom. The lowest BCUT2D eigenvalue weighted by atomic mass is 9.73. The van der Waals surface area contributed by atoms with E-state index in [1.54, 1.807) is 0 Å². The molecule has 32 nitrogen and oxygen atoms in total. The average molecular weight is 1860 g/mol. The fourth-order valence-corrected chi connectivity index (χ4v) is 22.9. The number of amidine groups is 1. The van der Waals surface area contributed by atoms with Crippen LogP contribution in [0.2, 0.25) is 5.15 Å². The summed E-state index contributed by atoms with van der Waals surface area (Å²) in [6, 6.07) is 12.6. The number of piperidine rings is 3. The van der Waals surface area contributed by atoms with Gasteiger partial charge < -0.3 is 78.9 Å². The van der Waals surface area contributed by atoms with Crippen LogP contribution in [0.4, 0.5) is 55.7 Å². The van der Waals surface area contributed by atoms with Gasteiger partial charge in [0.15, 0.2) is 52.3 Å². The zero-order chi connectivity index (χ0) is 90.8. The molecular weight excluding hydrogens is 1730 g/mol. The molecule has 8 saturated heterocycles. The molecule has 712 valence electrons. The summed E-state index contributed by atoms with van der Waals surface area (Å²) in [5, 5.41) is 17.1. The van der Waals surface area contributed by atoms with Crippen LogP contribution in [0.5, 0.6) is 0 Å². The molecular formula is C99H133Cl2N23O9. The van der Waals surface area contributed by atoms with Gasteiger partial charge in [-0.2, -0.15) is 0 Å². The number of carbonyl (C=O) groups excluding carboxylic acids is 2. The molecule has 133 heavy (non-hydrogen) atoms. The molecule has 0 bridgehead atoms. The standard InChI is InChI=1S/C38H52N8O4.C32H43ClN8O4.C29H37N7O.ClH/c1-25-33(42-36(47)50-37(2,3)4)38(24-49-25)17-20-44(21-18-38)30-23-39-32-34(41-30)46(31-14-8-9-22-48-31)43-35(32)45-19-10-13-28-29(45)16-15-27(40-28)26-11-6-5-7-12-26;1-20-27(37-30(42)45-31(2,3)4)32(19-44-20)12-15-39(16-13-32)24-18-34-26-28(36-24)41(25-9-5-6-17-43-25)38-29(26)40-14-7-8-21-22(40)10-11-23(33)35-21;1-19-27(30)29(18-37-19)11-14-35(15-12-29)25-17-31-26-23(34-25)16-32-28(26)36-13-5-8-22-24(36)10-9-21(33-22)20-6-3-2-4-7-20;/h11,15-16,23,25,31,33H,5-10,12-14,17-22,24H2,1-4H3,(H,42,47);10-11,18,20,25,27H,5-9,12-17,19H2,1-4H3,(H,37,42);6,9-10,17,19,27H,2-5,7-8,11-16,18,30H2,1H3;1H/t25-,31?,33+;20-,25?,27+;19-,27+;/m000./s1. The van der Waals surface area contributed by atoms with Crippen LogP contribution in [0, 0.1) is 16.2 Å². The Morgan fingerprint density at radius 3 is 1.34 bits per heavy atom. The molecule has 8 fully saturated rings. The quantitative estimate of drug-likeness (QED) is 0.101. The van der Waals surface area contributed by atoms with E-state index in [-0.39, 0.29) is 83.6 Å². The molecule has 0 saturated carbocycles. The van der Waals surface area contributed by atoms with Crippen molar-refractivity contribution in [1.29, 1.82) is 0 Å². The second-order valence-electron chi connectivity index (χ2n) is 41.2. The molecule has 3 spiro atoms. The van der Waals surface area contributed by atoms with Crippen LogP contribution in [0.3, 0.4) is 0 Å². The van der Waals surface area contributed by atoms with Crippen molar-refractivity contribution < 1.29 is 42.7 Å². The van der Waals surface area contributed by atoms with Gasteiger partial charge in [0.05, 0.1) is 127 Å². The number of allylic oxidation sites excluding steroid dienone is 4. The zero-order valence-electron chi connectivity index (χ0n) is 78.9. The minimum atomic E-state index is -0.558. The predicted molar refractivity (Wildman–Crippen MR) is 517 cm³/mol. The lowest BCUT2D eigenvalue weighted by molar-refractivity contribution is -0.0369. The van der Waals surface area contributed by atoms with Gasteiger partial charge in [-0.1, -0.05) is 23.8 Å². The van der Waals surface area contributed by atoms with Gasteiger partial charge in [-0.05, 0) is 277 Å². The molecule has 4 N–H and O–H groups in total. The minimum Gasteiger partial charge on any atom is -0.444 e. The van der Waals surface area contributed by atoms with Gasteiger partial charge in [-0.25, -0.2) is 53.8 Å². The number of aryl methyl sites for hydroxylation is 3. The number of nitrogens with two attached hydrogens (primary N) is 1. The summed E-state index contributed by atoms with van der Waals surface area (Å²) in [5.41, 5.74) is 21.8. The number of carbonyl (C=O) groups is 2. The van der Waals surface area contributed by atoms with E-state index in [4.69, 9.17) is 106 Å². The monoisotopic (exact) mass is 1860 g/mol. The molecule has 34 heteroatoms. The van der Waals surface area contributed by atoms with Gasteiger partial charge in [0, 0.05) is 94.4 Å². The van der Waals surface area contributed by atoms with Crippen LogP contribution in [0.1, 0.15) is 262 Å². The molecule has 8 atom stereocenters. The average Bonchev–Trinajstić information content (AvgIpc) is 1.72. The number of alkyl carbamates (subject to hydrolysis) is 2. The number of aromatic nitrogens is 13. The molecule has 22 rings (SSSR count). The second kappa shape index (κ2) is 38.6. The first-order valence-corrected chi connectivity index (χ1v) is 49.6. The largest absolute Gasteiger partial charge is 0.444 e. The molecule has 14 aliphatic rings. The van der Waals surface area contributed by atoms with Crippen LogP contribution in [0.15, 0.2) is 72.1 Å². The molecule has 2 amide bonds. The number of aliphatic imine (C=N–C) groups is 1. The molecule has 0 aromatic carbocycles. The number of hydrogen-bond acceptors (Lipinski definition) is 28. The Bertz CT molecular complexity index is 5660. The number of amides is 2. The van der Waals surface area contributed by atoms with E-state index < -0.39 is 17.3 Å². The predicted octanol–water partition coefficient (Wildman–Crippen LogP) is 16.7. The van der Waals surface area contributed by atoms with Crippen molar-refractivity contribution in [1.82, 2.24) is 75.1 Å². The lowest BCUT2D eigenvalue weighted by Gasteiger charge is -2.42.